The Balaban J connectivity index is 1.47. The number of nitrogens with one attached hydrogen (secondary N) is 2. The van der Waals surface area contributed by atoms with Gasteiger partial charge in [0.2, 0.25) is 0 Å². The number of amides is 2. The summed E-state index contributed by atoms with van der Waals surface area (Å²) in [6, 6.07) is 17.0. The third kappa shape index (κ3) is 8.11. The van der Waals surface area contributed by atoms with E-state index in [0.29, 0.717) is 31.7 Å². The summed E-state index contributed by atoms with van der Waals surface area (Å²) in [5.41, 5.74) is 5.59. The minimum Gasteiger partial charge on any atom is -0.379 e. The number of carbonyl (C=O) groups excluding carboxylic acids is 2. The number of unbranched alkanes of at least 4 members (excludes halogenated alkanes) is 1. The summed E-state index contributed by atoms with van der Waals surface area (Å²) >= 11 is 0. The number of hydrogen-bond acceptors (Lipinski definition) is 5. The summed E-state index contributed by atoms with van der Waals surface area (Å²) in [5, 5.41) is 7.12. The highest BCUT2D eigenvalue weighted by molar-refractivity contribution is 5.94. The highest BCUT2D eigenvalue weighted by Gasteiger charge is 2.26. The predicted octanol–water partition coefficient (Wildman–Crippen LogP) is 3.00. The Morgan fingerprint density at radius 1 is 1.06 bits per heavy atom. The van der Waals surface area contributed by atoms with Crippen molar-refractivity contribution in [3.8, 4) is 0 Å². The van der Waals surface area contributed by atoms with Gasteiger partial charge in [0, 0.05) is 25.2 Å². The van der Waals surface area contributed by atoms with Crippen LogP contribution in [0.4, 0.5) is 0 Å². The van der Waals surface area contributed by atoms with Crippen molar-refractivity contribution in [2.45, 2.75) is 38.6 Å². The van der Waals surface area contributed by atoms with Crippen LogP contribution < -0.4 is 10.7 Å². The molecule has 1 saturated heterocycles. The molecule has 1 aliphatic heterocycles. The minimum atomic E-state index is -0.265. The molecule has 33 heavy (non-hydrogen) atoms. The van der Waals surface area contributed by atoms with Crippen LogP contribution >= 0.6 is 0 Å². The van der Waals surface area contributed by atoms with Crippen LogP contribution in [0.25, 0.3) is 0 Å². The number of aryl methyl sites for hydroxylation is 1. The molecule has 3 rings (SSSR count). The third-order valence-electron chi connectivity index (χ3n) is 5.79. The zero-order valence-corrected chi connectivity index (χ0v) is 19.3. The van der Waals surface area contributed by atoms with Gasteiger partial charge in [-0.05, 0) is 48.9 Å². The maximum Gasteiger partial charge on any atom is 0.257 e. The lowest BCUT2D eigenvalue weighted by Crippen LogP contribution is -2.50. The van der Waals surface area contributed by atoms with Crippen molar-refractivity contribution in [2.75, 3.05) is 32.8 Å². The fraction of sp³-hybridized carbons (Fsp3) is 0.423. The Morgan fingerprint density at radius 2 is 1.79 bits per heavy atom. The van der Waals surface area contributed by atoms with Gasteiger partial charge >= 0.3 is 0 Å². The Kier molecular flexibility index (Phi) is 10.1. The summed E-state index contributed by atoms with van der Waals surface area (Å²) in [6.07, 6.45) is 5.00. The lowest BCUT2D eigenvalue weighted by Gasteiger charge is -2.33. The van der Waals surface area contributed by atoms with Crippen molar-refractivity contribution in [3.05, 3.63) is 71.3 Å². The number of hydrazone groups is 1. The van der Waals surface area contributed by atoms with E-state index in [1.165, 1.54) is 5.56 Å². The molecule has 7 nitrogen and oxygen atoms in total. The molecule has 0 spiro atoms. The van der Waals surface area contributed by atoms with Gasteiger partial charge in [-0.25, -0.2) is 5.43 Å². The topological polar surface area (TPSA) is 83.0 Å². The summed E-state index contributed by atoms with van der Waals surface area (Å²) in [6.45, 7) is 5.41. The molecule has 176 valence electrons. The van der Waals surface area contributed by atoms with Crippen LogP contribution in [-0.4, -0.2) is 61.8 Å². The molecule has 2 N–H and O–H groups in total. The molecule has 0 saturated carbocycles. The molecule has 1 atom stereocenters. The Bertz CT molecular complexity index is 894. The largest absolute Gasteiger partial charge is 0.379 e. The second-order valence-electron chi connectivity index (χ2n) is 8.11. The van der Waals surface area contributed by atoms with E-state index in [9.17, 15) is 9.59 Å². The van der Waals surface area contributed by atoms with E-state index in [1.54, 1.807) is 18.3 Å². The van der Waals surface area contributed by atoms with Crippen molar-refractivity contribution in [1.82, 2.24) is 15.6 Å². The van der Waals surface area contributed by atoms with Crippen LogP contribution in [-0.2, 0) is 16.0 Å². The molecular weight excluding hydrogens is 416 g/mol. The van der Waals surface area contributed by atoms with E-state index in [1.807, 2.05) is 30.3 Å². The molecule has 0 aliphatic carbocycles. The van der Waals surface area contributed by atoms with Gasteiger partial charge in [-0.1, -0.05) is 49.4 Å². The number of hydrogen-bond donors (Lipinski definition) is 2. The lowest BCUT2D eigenvalue weighted by atomic mass is 10.1. The van der Waals surface area contributed by atoms with Crippen molar-refractivity contribution in [1.29, 1.82) is 0 Å². The summed E-state index contributed by atoms with van der Waals surface area (Å²) in [7, 11) is 0. The van der Waals surface area contributed by atoms with Gasteiger partial charge in [-0.3, -0.25) is 14.5 Å². The minimum absolute atomic E-state index is 0.0700. The Hall–Kier alpha value is -3.03. The Labute approximate surface area is 196 Å². The third-order valence-corrected chi connectivity index (χ3v) is 5.79. The molecule has 1 heterocycles. The number of rotatable bonds is 11. The molecule has 0 aromatic heterocycles. The first-order valence-electron chi connectivity index (χ1n) is 11.7. The van der Waals surface area contributed by atoms with Gasteiger partial charge in [0.15, 0.2) is 0 Å². The summed E-state index contributed by atoms with van der Waals surface area (Å²) in [5.74, 6) is -0.175. The molecule has 2 aromatic rings. The summed E-state index contributed by atoms with van der Waals surface area (Å²) < 4.78 is 5.45. The second-order valence-corrected chi connectivity index (χ2v) is 8.11. The predicted molar refractivity (Wildman–Crippen MR) is 130 cm³/mol. The first-order chi connectivity index (χ1) is 16.2. The van der Waals surface area contributed by atoms with Gasteiger partial charge in [0.25, 0.3) is 11.8 Å². The highest BCUT2D eigenvalue weighted by atomic mass is 16.5. The van der Waals surface area contributed by atoms with Gasteiger partial charge in [-0.2, -0.15) is 5.10 Å². The van der Waals surface area contributed by atoms with Crippen molar-refractivity contribution >= 4 is 18.0 Å². The molecule has 0 radical (unpaired) electrons. The first-order valence-corrected chi connectivity index (χ1v) is 11.7. The normalized spacial score (nSPS) is 15.3. The first kappa shape index (κ1) is 24.6. The number of nitrogens with zero attached hydrogens (tertiary/aromatic N) is 2. The fourth-order valence-corrected chi connectivity index (χ4v) is 3.81. The maximum absolute atomic E-state index is 12.9. The monoisotopic (exact) mass is 450 g/mol. The molecule has 1 aliphatic rings. The quantitative estimate of drug-likeness (QED) is 0.313. The van der Waals surface area contributed by atoms with E-state index < -0.39 is 0 Å². The molecule has 0 bridgehead atoms. The fourth-order valence-electron chi connectivity index (χ4n) is 3.81. The zero-order valence-electron chi connectivity index (χ0n) is 19.3. The second kappa shape index (κ2) is 13.5. The molecule has 2 amide bonds. The van der Waals surface area contributed by atoms with E-state index in [4.69, 9.17) is 4.74 Å². The Morgan fingerprint density at radius 3 is 2.48 bits per heavy atom. The lowest BCUT2D eigenvalue weighted by molar-refractivity contribution is -0.128. The SMILES string of the molecule is CCc1ccc(C=NNC(=O)C(CCCCNC(=O)c2ccccc2)N2CCOCC2)cc1. The number of ether oxygens (including phenoxy) is 1. The average molecular weight is 451 g/mol. The van der Waals surface area contributed by atoms with Gasteiger partial charge in [-0.15, -0.1) is 0 Å². The number of morpholine rings is 1. The van der Waals surface area contributed by atoms with Crippen molar-refractivity contribution in [2.24, 2.45) is 5.10 Å². The maximum atomic E-state index is 12.9. The number of carbonyl (C=O) groups is 2. The molecule has 1 fully saturated rings. The van der Waals surface area contributed by atoms with Gasteiger partial charge in [0.05, 0.1) is 25.5 Å². The van der Waals surface area contributed by atoms with Crippen LogP contribution in [0.2, 0.25) is 0 Å². The summed E-state index contributed by atoms with van der Waals surface area (Å²) in [4.78, 5) is 27.2. The molecule has 1 unspecified atom stereocenters. The van der Waals surface area contributed by atoms with Crippen LogP contribution in [0.1, 0.15) is 47.7 Å². The van der Waals surface area contributed by atoms with E-state index in [0.717, 1.165) is 37.9 Å². The molecule has 2 aromatic carbocycles. The zero-order chi connectivity index (χ0) is 23.3. The van der Waals surface area contributed by atoms with E-state index >= 15 is 0 Å². The van der Waals surface area contributed by atoms with Gasteiger partial charge < -0.3 is 10.1 Å². The molecular formula is C26H34N4O3. The van der Waals surface area contributed by atoms with E-state index in [-0.39, 0.29) is 17.9 Å². The highest BCUT2D eigenvalue weighted by Crippen LogP contribution is 2.12. The van der Waals surface area contributed by atoms with Gasteiger partial charge in [0.1, 0.15) is 0 Å². The van der Waals surface area contributed by atoms with Crippen LogP contribution in [0.5, 0.6) is 0 Å². The number of benzene rings is 2. The molecule has 7 heteroatoms. The van der Waals surface area contributed by atoms with Crippen molar-refractivity contribution < 1.29 is 14.3 Å². The van der Waals surface area contributed by atoms with Crippen molar-refractivity contribution in [3.63, 3.8) is 0 Å². The smallest absolute Gasteiger partial charge is 0.257 e. The standard InChI is InChI=1S/C26H34N4O3/c1-2-21-11-13-22(14-12-21)20-28-29-26(32)24(30-16-18-33-19-17-30)10-6-7-15-27-25(31)23-8-4-3-5-9-23/h3-5,8-9,11-14,20,24H,2,6-7,10,15-19H2,1H3,(H,27,31)(H,29,32). The average Bonchev–Trinajstić information content (AvgIpc) is 2.87. The van der Waals surface area contributed by atoms with Crippen LogP contribution in [0.3, 0.4) is 0 Å². The van der Waals surface area contributed by atoms with E-state index in [2.05, 4.69) is 39.8 Å². The van der Waals surface area contributed by atoms with Crippen LogP contribution in [0, 0.1) is 0 Å². The van der Waals surface area contributed by atoms with Crippen LogP contribution in [0.15, 0.2) is 59.7 Å².